The van der Waals surface area contributed by atoms with E-state index in [4.69, 9.17) is 0 Å². The Morgan fingerprint density at radius 1 is 0.950 bits per heavy atom. The number of hydrogen-bond acceptors (Lipinski definition) is 3. The van der Waals surface area contributed by atoms with Gasteiger partial charge < -0.3 is 15.1 Å². The molecule has 1 aromatic carbocycles. The van der Waals surface area contributed by atoms with E-state index in [-0.39, 0.29) is 0 Å². The van der Waals surface area contributed by atoms with Crippen molar-refractivity contribution in [3.63, 3.8) is 0 Å². The number of nitrogens with zero attached hydrogens (tertiary/aromatic N) is 2. The molecule has 1 aromatic rings. The second-order valence-corrected chi connectivity index (χ2v) is 5.84. The molecule has 0 amide bonds. The molecule has 3 nitrogen and oxygen atoms in total. The van der Waals surface area contributed by atoms with E-state index in [2.05, 4.69) is 52.5 Å². The average Bonchev–Trinajstić information content (AvgIpc) is 2.49. The maximum atomic E-state index is 3.57. The molecule has 0 radical (unpaired) electrons. The molecule has 1 saturated heterocycles. The minimum atomic E-state index is 1.14. The van der Waals surface area contributed by atoms with Gasteiger partial charge in [0.1, 0.15) is 0 Å². The summed E-state index contributed by atoms with van der Waals surface area (Å²) < 4.78 is 0. The number of hydrogen-bond donors (Lipinski definition) is 1. The Kier molecular flexibility index (Phi) is 7.06. The zero-order chi connectivity index (χ0) is 14.0. The summed E-state index contributed by atoms with van der Waals surface area (Å²) in [5.41, 5.74) is 1.45. The van der Waals surface area contributed by atoms with Gasteiger partial charge in [-0.1, -0.05) is 30.3 Å². The van der Waals surface area contributed by atoms with E-state index >= 15 is 0 Å². The lowest BCUT2D eigenvalue weighted by Gasteiger charge is -2.32. The van der Waals surface area contributed by atoms with Crippen molar-refractivity contribution in [3.05, 3.63) is 35.9 Å². The largest absolute Gasteiger partial charge is 0.317 e. The molecule has 0 aromatic heterocycles. The molecule has 2 rings (SSSR count). The van der Waals surface area contributed by atoms with Crippen molar-refractivity contribution in [1.82, 2.24) is 15.1 Å². The van der Waals surface area contributed by atoms with Gasteiger partial charge in [-0.3, -0.25) is 0 Å². The van der Waals surface area contributed by atoms with Crippen LogP contribution < -0.4 is 5.32 Å². The van der Waals surface area contributed by atoms with Crippen molar-refractivity contribution in [2.24, 2.45) is 0 Å². The van der Waals surface area contributed by atoms with E-state index in [1.54, 1.807) is 0 Å². The van der Waals surface area contributed by atoms with Gasteiger partial charge in [-0.25, -0.2) is 0 Å². The van der Waals surface area contributed by atoms with Gasteiger partial charge in [-0.2, -0.15) is 0 Å². The number of rotatable bonds is 8. The molecule has 112 valence electrons. The number of nitrogens with one attached hydrogen (secondary N) is 1. The topological polar surface area (TPSA) is 18.5 Å². The normalized spacial score (nSPS) is 17.4. The van der Waals surface area contributed by atoms with Crippen LogP contribution >= 0.6 is 0 Å². The van der Waals surface area contributed by atoms with Crippen LogP contribution in [0.15, 0.2) is 30.3 Å². The molecule has 0 aliphatic carbocycles. The van der Waals surface area contributed by atoms with Gasteiger partial charge in [-0.15, -0.1) is 0 Å². The SMILES string of the molecule is CN1CCN(CCCNCCCc2ccccc2)CC1. The first-order valence-corrected chi connectivity index (χ1v) is 8.00. The molecule has 0 bridgehead atoms. The van der Waals surface area contributed by atoms with Gasteiger partial charge in [0, 0.05) is 26.2 Å². The van der Waals surface area contributed by atoms with Crippen LogP contribution in [0.4, 0.5) is 0 Å². The van der Waals surface area contributed by atoms with E-state index in [0.717, 1.165) is 13.1 Å². The molecule has 1 heterocycles. The van der Waals surface area contributed by atoms with Gasteiger partial charge >= 0.3 is 0 Å². The summed E-state index contributed by atoms with van der Waals surface area (Å²) in [6.07, 6.45) is 3.69. The van der Waals surface area contributed by atoms with Crippen molar-refractivity contribution >= 4 is 0 Å². The Morgan fingerprint density at radius 2 is 1.65 bits per heavy atom. The van der Waals surface area contributed by atoms with Gasteiger partial charge in [0.05, 0.1) is 0 Å². The van der Waals surface area contributed by atoms with E-state index in [1.807, 2.05) is 0 Å². The lowest BCUT2D eigenvalue weighted by molar-refractivity contribution is 0.153. The summed E-state index contributed by atoms with van der Waals surface area (Å²) in [6.45, 7) is 8.47. The summed E-state index contributed by atoms with van der Waals surface area (Å²) >= 11 is 0. The predicted molar refractivity (Wildman–Crippen MR) is 86.2 cm³/mol. The average molecular weight is 275 g/mol. The highest BCUT2D eigenvalue weighted by molar-refractivity contribution is 5.14. The zero-order valence-electron chi connectivity index (χ0n) is 12.9. The summed E-state index contributed by atoms with van der Waals surface area (Å²) in [5, 5.41) is 3.57. The minimum absolute atomic E-state index is 1.14. The molecule has 0 spiro atoms. The van der Waals surface area contributed by atoms with Gasteiger partial charge in [0.25, 0.3) is 0 Å². The molecule has 1 aliphatic heterocycles. The number of likely N-dealkylation sites (N-methyl/N-ethyl adjacent to an activating group) is 1. The van der Waals surface area contributed by atoms with Crippen molar-refractivity contribution in [2.45, 2.75) is 19.3 Å². The van der Waals surface area contributed by atoms with E-state index < -0.39 is 0 Å². The van der Waals surface area contributed by atoms with Crippen LogP contribution in [-0.4, -0.2) is 62.7 Å². The van der Waals surface area contributed by atoms with Crippen LogP contribution in [0.2, 0.25) is 0 Å². The van der Waals surface area contributed by atoms with Crippen molar-refractivity contribution < 1.29 is 0 Å². The second kappa shape index (κ2) is 9.11. The Labute approximate surface area is 124 Å². The van der Waals surface area contributed by atoms with Crippen LogP contribution in [0.1, 0.15) is 18.4 Å². The van der Waals surface area contributed by atoms with E-state index in [9.17, 15) is 0 Å². The second-order valence-electron chi connectivity index (χ2n) is 5.84. The molecular weight excluding hydrogens is 246 g/mol. The number of benzene rings is 1. The molecule has 1 aliphatic rings. The van der Waals surface area contributed by atoms with Crippen molar-refractivity contribution in [2.75, 3.05) is 52.9 Å². The Balaban J connectivity index is 1.42. The molecule has 0 saturated carbocycles. The standard InChI is InChI=1S/C17H29N3/c1-19-13-15-20(16-14-19)12-6-11-18-10-5-9-17-7-3-2-4-8-17/h2-4,7-8,18H,5-6,9-16H2,1H3. The third kappa shape index (κ3) is 6.04. The molecular formula is C17H29N3. The van der Waals surface area contributed by atoms with Gasteiger partial charge in [-0.05, 0) is 51.5 Å². The molecule has 1 fully saturated rings. The molecule has 0 atom stereocenters. The minimum Gasteiger partial charge on any atom is -0.317 e. The zero-order valence-corrected chi connectivity index (χ0v) is 12.9. The first-order chi connectivity index (χ1) is 9.84. The highest BCUT2D eigenvalue weighted by Gasteiger charge is 2.12. The fraction of sp³-hybridized carbons (Fsp3) is 0.647. The van der Waals surface area contributed by atoms with Crippen LogP contribution in [-0.2, 0) is 6.42 Å². The molecule has 3 heteroatoms. The van der Waals surface area contributed by atoms with E-state index in [0.29, 0.717) is 0 Å². The summed E-state index contributed by atoms with van der Waals surface area (Å²) in [4.78, 5) is 5.00. The van der Waals surface area contributed by atoms with E-state index in [1.165, 1.54) is 57.5 Å². The Morgan fingerprint density at radius 3 is 2.40 bits per heavy atom. The van der Waals surface area contributed by atoms with Crippen molar-refractivity contribution in [3.8, 4) is 0 Å². The Bertz CT molecular complexity index is 345. The van der Waals surface area contributed by atoms with Gasteiger partial charge in [0.15, 0.2) is 0 Å². The first kappa shape index (κ1) is 15.5. The monoisotopic (exact) mass is 275 g/mol. The maximum Gasteiger partial charge on any atom is 0.0110 e. The van der Waals surface area contributed by atoms with Crippen LogP contribution in [0.5, 0.6) is 0 Å². The molecule has 20 heavy (non-hydrogen) atoms. The third-order valence-electron chi connectivity index (χ3n) is 4.09. The predicted octanol–water partition coefficient (Wildman–Crippen LogP) is 1.85. The number of aryl methyl sites for hydroxylation is 1. The first-order valence-electron chi connectivity index (χ1n) is 8.00. The Hall–Kier alpha value is -0.900. The smallest absolute Gasteiger partial charge is 0.0110 e. The lowest BCUT2D eigenvalue weighted by atomic mass is 10.1. The molecule has 1 N–H and O–H groups in total. The van der Waals surface area contributed by atoms with Crippen molar-refractivity contribution in [1.29, 1.82) is 0 Å². The number of piperazine rings is 1. The fourth-order valence-corrected chi connectivity index (χ4v) is 2.69. The summed E-state index contributed by atoms with van der Waals surface area (Å²) in [7, 11) is 2.21. The third-order valence-corrected chi connectivity index (χ3v) is 4.09. The maximum absolute atomic E-state index is 3.57. The summed E-state index contributed by atoms with van der Waals surface area (Å²) in [6, 6.07) is 10.8. The van der Waals surface area contributed by atoms with Crippen LogP contribution in [0, 0.1) is 0 Å². The fourth-order valence-electron chi connectivity index (χ4n) is 2.69. The van der Waals surface area contributed by atoms with Crippen LogP contribution in [0.3, 0.4) is 0 Å². The lowest BCUT2D eigenvalue weighted by Crippen LogP contribution is -2.45. The highest BCUT2D eigenvalue weighted by Crippen LogP contribution is 2.02. The van der Waals surface area contributed by atoms with Crippen LogP contribution in [0.25, 0.3) is 0 Å². The summed E-state index contributed by atoms with van der Waals surface area (Å²) in [5.74, 6) is 0. The quantitative estimate of drug-likeness (QED) is 0.731. The molecule has 0 unspecified atom stereocenters. The van der Waals surface area contributed by atoms with Gasteiger partial charge in [0.2, 0.25) is 0 Å². The highest BCUT2D eigenvalue weighted by atomic mass is 15.2.